The largest absolute Gasteiger partial charge is 0.454 e. The van der Waals surface area contributed by atoms with Crippen molar-refractivity contribution in [2.75, 3.05) is 30.1 Å². The fourth-order valence-corrected chi connectivity index (χ4v) is 2.98. The summed E-state index contributed by atoms with van der Waals surface area (Å²) >= 11 is 0. The predicted octanol–water partition coefficient (Wildman–Crippen LogP) is 2.81. The summed E-state index contributed by atoms with van der Waals surface area (Å²) in [7, 11) is 0. The molecule has 120 valence electrons. The lowest BCUT2D eigenvalue weighted by Gasteiger charge is -2.27. The van der Waals surface area contributed by atoms with Gasteiger partial charge in [0.2, 0.25) is 6.79 Å². The maximum Gasteiger partial charge on any atom is 0.231 e. The lowest BCUT2D eigenvalue weighted by Crippen LogP contribution is -2.30. The minimum absolute atomic E-state index is 0.303. The molecular weight excluding hydrogens is 292 g/mol. The monoisotopic (exact) mass is 312 g/mol. The van der Waals surface area contributed by atoms with Gasteiger partial charge in [-0.1, -0.05) is 6.07 Å². The van der Waals surface area contributed by atoms with E-state index in [-0.39, 0.29) is 0 Å². The van der Waals surface area contributed by atoms with Crippen LogP contribution in [0.15, 0.2) is 30.6 Å². The Morgan fingerprint density at radius 2 is 1.87 bits per heavy atom. The van der Waals surface area contributed by atoms with Crippen molar-refractivity contribution in [2.24, 2.45) is 0 Å². The standard InChI is InChI=1S/C17H20N4O2/c1-2-6-21(7-3-1)17-9-16(19-11-20-17)18-10-13-4-5-14-15(8-13)23-12-22-14/h4-5,8-9,11H,1-3,6-7,10,12H2,(H,18,19,20). The molecule has 1 aromatic heterocycles. The number of nitrogens with zero attached hydrogens (tertiary/aromatic N) is 3. The molecule has 1 fully saturated rings. The summed E-state index contributed by atoms with van der Waals surface area (Å²) in [5.74, 6) is 3.47. The molecule has 1 saturated heterocycles. The molecule has 1 N–H and O–H groups in total. The summed E-state index contributed by atoms with van der Waals surface area (Å²) in [4.78, 5) is 11.1. The number of aromatic nitrogens is 2. The van der Waals surface area contributed by atoms with Gasteiger partial charge in [0.1, 0.15) is 18.0 Å². The van der Waals surface area contributed by atoms with Crippen molar-refractivity contribution < 1.29 is 9.47 Å². The van der Waals surface area contributed by atoms with E-state index >= 15 is 0 Å². The summed E-state index contributed by atoms with van der Waals surface area (Å²) in [6, 6.07) is 8.01. The number of nitrogens with one attached hydrogen (secondary N) is 1. The summed E-state index contributed by atoms with van der Waals surface area (Å²) in [5.41, 5.74) is 1.13. The molecule has 0 amide bonds. The topological polar surface area (TPSA) is 59.5 Å². The number of piperidine rings is 1. The van der Waals surface area contributed by atoms with Gasteiger partial charge < -0.3 is 19.7 Å². The molecule has 3 heterocycles. The average molecular weight is 312 g/mol. The van der Waals surface area contributed by atoms with E-state index in [9.17, 15) is 0 Å². The number of rotatable bonds is 4. The molecular formula is C17H20N4O2. The van der Waals surface area contributed by atoms with Crippen LogP contribution in [-0.4, -0.2) is 29.9 Å². The average Bonchev–Trinajstić information content (AvgIpc) is 3.09. The highest BCUT2D eigenvalue weighted by Gasteiger charge is 2.14. The van der Waals surface area contributed by atoms with Crippen LogP contribution in [0.2, 0.25) is 0 Å². The SMILES string of the molecule is c1nc(NCc2ccc3c(c2)OCO3)cc(N2CCCCC2)n1. The Morgan fingerprint density at radius 1 is 1.00 bits per heavy atom. The van der Waals surface area contributed by atoms with Gasteiger partial charge in [0, 0.05) is 25.7 Å². The molecule has 2 aromatic rings. The van der Waals surface area contributed by atoms with Crippen LogP contribution >= 0.6 is 0 Å². The summed E-state index contributed by atoms with van der Waals surface area (Å²) in [5, 5.41) is 3.36. The molecule has 0 bridgehead atoms. The van der Waals surface area contributed by atoms with Gasteiger partial charge in [-0.3, -0.25) is 0 Å². The fraction of sp³-hybridized carbons (Fsp3) is 0.412. The van der Waals surface area contributed by atoms with Crippen LogP contribution in [-0.2, 0) is 6.54 Å². The van der Waals surface area contributed by atoms with E-state index in [1.54, 1.807) is 6.33 Å². The van der Waals surface area contributed by atoms with Crippen molar-refractivity contribution in [1.29, 1.82) is 0 Å². The Morgan fingerprint density at radius 3 is 2.78 bits per heavy atom. The second-order valence-electron chi connectivity index (χ2n) is 5.85. The molecule has 2 aliphatic heterocycles. The van der Waals surface area contributed by atoms with Gasteiger partial charge in [0.15, 0.2) is 11.5 Å². The second kappa shape index (κ2) is 6.32. The molecule has 23 heavy (non-hydrogen) atoms. The van der Waals surface area contributed by atoms with Gasteiger partial charge in [0.25, 0.3) is 0 Å². The number of hydrogen-bond acceptors (Lipinski definition) is 6. The minimum Gasteiger partial charge on any atom is -0.454 e. The number of hydrogen-bond donors (Lipinski definition) is 1. The highest BCUT2D eigenvalue weighted by Crippen LogP contribution is 2.32. The van der Waals surface area contributed by atoms with Gasteiger partial charge in [-0.15, -0.1) is 0 Å². The van der Waals surface area contributed by atoms with Gasteiger partial charge in [0.05, 0.1) is 0 Å². The maximum atomic E-state index is 5.41. The third-order valence-corrected chi connectivity index (χ3v) is 4.24. The van der Waals surface area contributed by atoms with Crippen LogP contribution in [0.1, 0.15) is 24.8 Å². The first kappa shape index (κ1) is 14.1. The van der Waals surface area contributed by atoms with Gasteiger partial charge in [-0.25, -0.2) is 9.97 Å². The van der Waals surface area contributed by atoms with E-state index in [0.29, 0.717) is 13.3 Å². The van der Waals surface area contributed by atoms with E-state index in [1.807, 2.05) is 24.3 Å². The molecule has 1 aromatic carbocycles. The molecule has 0 radical (unpaired) electrons. The number of ether oxygens (including phenoxy) is 2. The van der Waals surface area contributed by atoms with Crippen LogP contribution < -0.4 is 19.7 Å². The van der Waals surface area contributed by atoms with Crippen LogP contribution in [0.3, 0.4) is 0 Å². The predicted molar refractivity (Wildman–Crippen MR) is 88.0 cm³/mol. The zero-order chi connectivity index (χ0) is 15.5. The van der Waals surface area contributed by atoms with Crippen molar-refractivity contribution in [1.82, 2.24) is 9.97 Å². The highest BCUT2D eigenvalue weighted by atomic mass is 16.7. The first-order valence-electron chi connectivity index (χ1n) is 8.08. The molecule has 4 rings (SSSR count). The second-order valence-corrected chi connectivity index (χ2v) is 5.85. The molecule has 0 aliphatic carbocycles. The Kier molecular flexibility index (Phi) is 3.88. The lowest BCUT2D eigenvalue weighted by atomic mass is 10.1. The van der Waals surface area contributed by atoms with Crippen LogP contribution in [0.25, 0.3) is 0 Å². The summed E-state index contributed by atoms with van der Waals surface area (Å²) in [6.45, 7) is 3.15. The van der Waals surface area contributed by atoms with E-state index in [2.05, 4.69) is 20.2 Å². The quantitative estimate of drug-likeness (QED) is 0.937. The zero-order valence-electron chi connectivity index (χ0n) is 13.0. The van der Waals surface area contributed by atoms with Crippen molar-refractivity contribution in [3.05, 3.63) is 36.2 Å². The molecule has 0 saturated carbocycles. The highest BCUT2D eigenvalue weighted by molar-refractivity contribution is 5.50. The Balaban J connectivity index is 1.42. The van der Waals surface area contributed by atoms with Crippen LogP contribution in [0, 0.1) is 0 Å². The van der Waals surface area contributed by atoms with Crippen molar-refractivity contribution in [3.63, 3.8) is 0 Å². The van der Waals surface area contributed by atoms with Gasteiger partial charge in [-0.05, 0) is 37.0 Å². The molecule has 0 unspecified atom stereocenters. The normalized spacial score (nSPS) is 16.4. The minimum atomic E-state index is 0.303. The first-order chi connectivity index (χ1) is 11.4. The molecule has 6 heteroatoms. The van der Waals surface area contributed by atoms with Gasteiger partial charge >= 0.3 is 0 Å². The smallest absolute Gasteiger partial charge is 0.231 e. The Hall–Kier alpha value is -2.50. The maximum absolute atomic E-state index is 5.41. The van der Waals surface area contributed by atoms with Crippen molar-refractivity contribution >= 4 is 11.6 Å². The van der Waals surface area contributed by atoms with E-state index in [1.165, 1.54) is 19.3 Å². The third-order valence-electron chi connectivity index (χ3n) is 4.24. The van der Waals surface area contributed by atoms with Gasteiger partial charge in [-0.2, -0.15) is 0 Å². The Labute approximate surface area is 135 Å². The molecule has 0 atom stereocenters. The first-order valence-corrected chi connectivity index (χ1v) is 8.08. The van der Waals surface area contributed by atoms with Crippen molar-refractivity contribution in [2.45, 2.75) is 25.8 Å². The number of fused-ring (bicyclic) bond motifs is 1. The van der Waals surface area contributed by atoms with Crippen LogP contribution in [0.4, 0.5) is 11.6 Å². The van der Waals surface area contributed by atoms with Crippen molar-refractivity contribution in [3.8, 4) is 11.5 Å². The molecule has 6 nitrogen and oxygen atoms in total. The summed E-state index contributed by atoms with van der Waals surface area (Å²) in [6.07, 6.45) is 5.43. The third kappa shape index (κ3) is 3.16. The fourth-order valence-electron chi connectivity index (χ4n) is 2.98. The van der Waals surface area contributed by atoms with E-state index in [0.717, 1.165) is 41.8 Å². The lowest BCUT2D eigenvalue weighted by molar-refractivity contribution is 0.174. The number of benzene rings is 1. The molecule has 0 spiro atoms. The number of anilines is 2. The van der Waals surface area contributed by atoms with Crippen LogP contribution in [0.5, 0.6) is 11.5 Å². The zero-order valence-corrected chi connectivity index (χ0v) is 13.0. The van der Waals surface area contributed by atoms with E-state index in [4.69, 9.17) is 9.47 Å². The van der Waals surface area contributed by atoms with E-state index < -0.39 is 0 Å². The summed E-state index contributed by atoms with van der Waals surface area (Å²) < 4.78 is 10.7. The Bertz CT molecular complexity index is 686. The molecule has 2 aliphatic rings.